The summed E-state index contributed by atoms with van der Waals surface area (Å²) < 4.78 is 18.6. The molecule has 0 bridgehead atoms. The molecule has 6 amide bonds. The van der Waals surface area contributed by atoms with Gasteiger partial charge in [0.2, 0.25) is 29.5 Å². The van der Waals surface area contributed by atoms with Crippen LogP contribution in [0.15, 0.2) is 54.6 Å². The number of carbonyl (C=O) groups excluding carboxylic acids is 6. The Morgan fingerprint density at radius 2 is 1.34 bits per heavy atom. The van der Waals surface area contributed by atoms with E-state index in [2.05, 4.69) is 26.6 Å². The topological polar surface area (TPSA) is 198 Å². The van der Waals surface area contributed by atoms with Crippen LogP contribution in [0.25, 0.3) is 0 Å². The lowest BCUT2D eigenvalue weighted by Gasteiger charge is -2.23. The molecule has 7 N–H and O–H groups in total. The molecule has 15 heteroatoms. The van der Waals surface area contributed by atoms with Crippen LogP contribution in [0.5, 0.6) is 0 Å². The number of alkyl carbamates (subject to hydrolysis) is 1. The Kier molecular flexibility index (Phi) is 15.7. The number of hydrogen-bond donors (Lipinski definition) is 6. The molecular formula is C32H43FN6O7S. The van der Waals surface area contributed by atoms with Crippen LogP contribution in [0.3, 0.4) is 0 Å². The van der Waals surface area contributed by atoms with E-state index in [9.17, 15) is 33.2 Å². The van der Waals surface area contributed by atoms with Crippen molar-refractivity contribution in [3.63, 3.8) is 0 Å². The van der Waals surface area contributed by atoms with Crippen molar-refractivity contribution in [1.82, 2.24) is 26.6 Å². The Morgan fingerprint density at radius 1 is 0.766 bits per heavy atom. The minimum Gasteiger partial charge on any atom is -0.444 e. The fourth-order valence-electron chi connectivity index (χ4n) is 4.15. The van der Waals surface area contributed by atoms with Gasteiger partial charge in [-0.05, 0) is 62.5 Å². The molecule has 2 aromatic rings. The second-order valence-corrected chi connectivity index (χ2v) is 12.6. The fourth-order valence-corrected chi connectivity index (χ4v) is 4.62. The third kappa shape index (κ3) is 15.5. The molecule has 0 aromatic heterocycles. The van der Waals surface area contributed by atoms with Gasteiger partial charge in [-0.1, -0.05) is 42.5 Å². The number of hydrogen-bond acceptors (Lipinski definition) is 8. The van der Waals surface area contributed by atoms with Crippen LogP contribution in [-0.4, -0.2) is 84.5 Å². The summed E-state index contributed by atoms with van der Waals surface area (Å²) in [7, 11) is 0. The van der Waals surface area contributed by atoms with Gasteiger partial charge in [0.1, 0.15) is 29.5 Å². The second kappa shape index (κ2) is 19.1. The Balaban J connectivity index is 1.99. The average Bonchev–Trinajstić information content (AvgIpc) is 3.00. The molecule has 0 saturated heterocycles. The Hall–Kier alpha value is -4.66. The van der Waals surface area contributed by atoms with Gasteiger partial charge in [0, 0.05) is 12.8 Å². The lowest BCUT2D eigenvalue weighted by molar-refractivity contribution is -0.132. The quantitative estimate of drug-likeness (QED) is 0.143. The minimum absolute atomic E-state index is 0.0197. The Bertz CT molecular complexity index is 1370. The summed E-state index contributed by atoms with van der Waals surface area (Å²) in [5.74, 6) is -3.34. The van der Waals surface area contributed by atoms with Crippen LogP contribution in [0.2, 0.25) is 0 Å². The SMILES string of the molecule is CSCCC(NC(=O)[C@@H](Cc1ccccc1)NC(=O)CNC(=O)CNC(=O)[C@@H](Cc1ccc(F)cc1)NC(=O)OC(C)(C)C)C(N)=O. The van der Waals surface area contributed by atoms with E-state index in [4.69, 9.17) is 10.5 Å². The summed E-state index contributed by atoms with van der Waals surface area (Å²) >= 11 is 1.49. The number of thioether (sulfide) groups is 1. The lowest BCUT2D eigenvalue weighted by Crippen LogP contribution is -2.55. The predicted octanol–water partition coefficient (Wildman–Crippen LogP) is 0.945. The van der Waals surface area contributed by atoms with Gasteiger partial charge in [-0.2, -0.15) is 11.8 Å². The van der Waals surface area contributed by atoms with Crippen LogP contribution in [0.1, 0.15) is 38.3 Å². The number of ether oxygens (including phenoxy) is 1. The first kappa shape index (κ1) is 38.5. The maximum Gasteiger partial charge on any atom is 0.408 e. The van der Waals surface area contributed by atoms with Crippen molar-refractivity contribution < 1.29 is 37.9 Å². The Labute approximate surface area is 277 Å². The Morgan fingerprint density at radius 3 is 1.91 bits per heavy atom. The second-order valence-electron chi connectivity index (χ2n) is 11.6. The van der Waals surface area contributed by atoms with E-state index in [-0.39, 0.29) is 12.8 Å². The van der Waals surface area contributed by atoms with Crippen molar-refractivity contribution in [2.75, 3.05) is 25.1 Å². The highest BCUT2D eigenvalue weighted by molar-refractivity contribution is 7.98. The number of carbonyl (C=O) groups is 6. The smallest absolute Gasteiger partial charge is 0.408 e. The normalized spacial score (nSPS) is 12.9. The number of benzene rings is 2. The maximum atomic E-state index is 13.4. The summed E-state index contributed by atoms with van der Waals surface area (Å²) in [6.07, 6.45) is 1.39. The molecule has 2 aromatic carbocycles. The fraction of sp³-hybridized carbons (Fsp3) is 0.438. The van der Waals surface area contributed by atoms with E-state index in [1.807, 2.05) is 6.26 Å². The van der Waals surface area contributed by atoms with E-state index < -0.39 is 78.3 Å². The molecule has 256 valence electrons. The van der Waals surface area contributed by atoms with E-state index >= 15 is 0 Å². The first-order valence-electron chi connectivity index (χ1n) is 14.9. The molecule has 1 unspecified atom stereocenters. The molecule has 2 rings (SSSR count). The molecule has 3 atom stereocenters. The van der Waals surface area contributed by atoms with Crippen LogP contribution in [0, 0.1) is 5.82 Å². The number of amides is 6. The monoisotopic (exact) mass is 674 g/mol. The van der Waals surface area contributed by atoms with Gasteiger partial charge in [-0.15, -0.1) is 0 Å². The first-order valence-corrected chi connectivity index (χ1v) is 16.3. The number of nitrogens with one attached hydrogen (secondary N) is 5. The van der Waals surface area contributed by atoms with E-state index in [1.165, 1.54) is 36.0 Å². The predicted molar refractivity (Wildman–Crippen MR) is 175 cm³/mol. The van der Waals surface area contributed by atoms with E-state index in [0.717, 1.165) is 5.56 Å². The van der Waals surface area contributed by atoms with Crippen molar-refractivity contribution in [3.8, 4) is 0 Å². The molecule has 13 nitrogen and oxygen atoms in total. The van der Waals surface area contributed by atoms with Crippen molar-refractivity contribution >= 4 is 47.4 Å². The molecule has 0 spiro atoms. The number of halogens is 1. The van der Waals surface area contributed by atoms with Crippen LogP contribution in [-0.2, 0) is 41.6 Å². The molecule has 0 radical (unpaired) electrons. The largest absolute Gasteiger partial charge is 0.444 e. The van der Waals surface area contributed by atoms with Gasteiger partial charge >= 0.3 is 6.09 Å². The van der Waals surface area contributed by atoms with Crippen LogP contribution in [0.4, 0.5) is 9.18 Å². The van der Waals surface area contributed by atoms with Gasteiger partial charge in [-0.3, -0.25) is 24.0 Å². The van der Waals surface area contributed by atoms with Gasteiger partial charge < -0.3 is 37.1 Å². The van der Waals surface area contributed by atoms with Crippen LogP contribution < -0.4 is 32.3 Å². The highest BCUT2D eigenvalue weighted by Crippen LogP contribution is 2.10. The molecule has 0 saturated carbocycles. The molecule has 0 aliphatic rings. The average molecular weight is 675 g/mol. The molecule has 0 aliphatic carbocycles. The number of rotatable bonds is 17. The zero-order chi connectivity index (χ0) is 35.0. The summed E-state index contributed by atoms with van der Waals surface area (Å²) in [5, 5.41) is 12.4. The molecule has 0 aliphatic heterocycles. The molecule has 47 heavy (non-hydrogen) atoms. The maximum absolute atomic E-state index is 13.4. The van der Waals surface area contributed by atoms with Gasteiger partial charge in [-0.25, -0.2) is 9.18 Å². The third-order valence-corrected chi connectivity index (χ3v) is 7.08. The van der Waals surface area contributed by atoms with Crippen molar-refractivity contribution in [3.05, 3.63) is 71.5 Å². The minimum atomic E-state index is -1.16. The van der Waals surface area contributed by atoms with Gasteiger partial charge in [0.05, 0.1) is 13.1 Å². The van der Waals surface area contributed by atoms with Crippen LogP contribution >= 0.6 is 11.8 Å². The highest BCUT2D eigenvalue weighted by atomic mass is 32.2. The molecule has 0 heterocycles. The van der Waals surface area contributed by atoms with Gasteiger partial charge in [0.25, 0.3) is 0 Å². The molecular weight excluding hydrogens is 631 g/mol. The van der Waals surface area contributed by atoms with Crippen molar-refractivity contribution in [2.45, 2.75) is 63.8 Å². The summed E-state index contributed by atoms with van der Waals surface area (Å²) in [6.45, 7) is 3.91. The number of primary amides is 1. The lowest BCUT2D eigenvalue weighted by atomic mass is 10.0. The van der Waals surface area contributed by atoms with Crippen molar-refractivity contribution in [2.24, 2.45) is 5.73 Å². The van der Waals surface area contributed by atoms with Crippen molar-refractivity contribution in [1.29, 1.82) is 0 Å². The summed E-state index contributed by atoms with van der Waals surface area (Å²) in [5.41, 5.74) is 5.91. The third-order valence-electron chi connectivity index (χ3n) is 6.43. The first-order chi connectivity index (χ1) is 22.2. The standard InChI is InChI=1S/C32H43FN6O7S/c1-32(2,3)46-31(45)39-24(17-21-10-12-22(33)13-11-21)29(43)36-18-26(40)35-19-27(41)37-25(16-20-8-6-5-7-9-20)30(44)38-23(28(34)42)14-15-47-4/h5-13,23-25H,14-19H2,1-4H3,(H2,34,42)(H,35,40)(H,36,43)(H,37,41)(H,38,44)(H,39,45)/t23?,24-,25-/m1/s1. The van der Waals surface area contributed by atoms with Gasteiger partial charge in [0.15, 0.2) is 0 Å². The zero-order valence-corrected chi connectivity index (χ0v) is 27.7. The molecule has 0 fully saturated rings. The number of nitrogens with two attached hydrogens (primary N) is 1. The van der Waals surface area contributed by atoms with E-state index in [0.29, 0.717) is 17.7 Å². The summed E-state index contributed by atoms with van der Waals surface area (Å²) in [6, 6.07) is 11.1. The highest BCUT2D eigenvalue weighted by Gasteiger charge is 2.27. The van der Waals surface area contributed by atoms with E-state index in [1.54, 1.807) is 51.1 Å². The summed E-state index contributed by atoms with van der Waals surface area (Å²) in [4.78, 5) is 75.6. The zero-order valence-electron chi connectivity index (χ0n) is 26.9.